The average molecular weight is 252 g/mol. The number of likely N-dealkylation sites (tertiary alicyclic amines) is 1. The lowest BCUT2D eigenvalue weighted by molar-refractivity contribution is 0.147. The Bertz CT molecular complexity index is 251. The molecule has 2 nitrogen and oxygen atoms in total. The zero-order valence-electron chi connectivity index (χ0n) is 12.6. The molecular formula is C16H32N2. The van der Waals surface area contributed by atoms with Crippen molar-refractivity contribution in [3.05, 3.63) is 0 Å². The van der Waals surface area contributed by atoms with Crippen LogP contribution < -0.4 is 5.73 Å². The van der Waals surface area contributed by atoms with Gasteiger partial charge in [0, 0.05) is 19.1 Å². The number of nitrogens with zero attached hydrogens (tertiary/aromatic N) is 1. The molecule has 0 amide bonds. The molecule has 1 saturated carbocycles. The first-order chi connectivity index (χ1) is 8.60. The van der Waals surface area contributed by atoms with Crippen LogP contribution in [0, 0.1) is 23.7 Å². The molecule has 0 aromatic carbocycles. The molecule has 1 heterocycles. The quantitative estimate of drug-likeness (QED) is 0.833. The molecule has 0 aromatic heterocycles. The summed E-state index contributed by atoms with van der Waals surface area (Å²) in [5.74, 6) is 3.45. The van der Waals surface area contributed by atoms with E-state index >= 15 is 0 Å². The molecule has 0 radical (unpaired) electrons. The highest BCUT2D eigenvalue weighted by atomic mass is 15.1. The van der Waals surface area contributed by atoms with Crippen LogP contribution in [0.4, 0.5) is 0 Å². The second kappa shape index (κ2) is 6.38. The highest BCUT2D eigenvalue weighted by Crippen LogP contribution is 2.34. The molecule has 2 aliphatic rings. The van der Waals surface area contributed by atoms with Crippen molar-refractivity contribution in [1.82, 2.24) is 4.90 Å². The number of rotatable bonds is 4. The van der Waals surface area contributed by atoms with E-state index in [0.29, 0.717) is 6.04 Å². The van der Waals surface area contributed by atoms with Crippen molar-refractivity contribution in [3.63, 3.8) is 0 Å². The number of nitrogens with two attached hydrogens (primary N) is 1. The van der Waals surface area contributed by atoms with Crippen LogP contribution in [0.2, 0.25) is 0 Å². The van der Waals surface area contributed by atoms with Crippen LogP contribution >= 0.6 is 0 Å². The number of hydrogen-bond donors (Lipinski definition) is 1. The van der Waals surface area contributed by atoms with Crippen molar-refractivity contribution in [3.8, 4) is 0 Å². The van der Waals surface area contributed by atoms with E-state index in [2.05, 4.69) is 25.7 Å². The zero-order valence-corrected chi connectivity index (χ0v) is 12.6. The van der Waals surface area contributed by atoms with Gasteiger partial charge >= 0.3 is 0 Å². The van der Waals surface area contributed by atoms with Gasteiger partial charge in [-0.25, -0.2) is 0 Å². The largest absolute Gasteiger partial charge is 0.327 e. The summed E-state index contributed by atoms with van der Waals surface area (Å²) >= 11 is 0. The smallest absolute Gasteiger partial charge is 0.00795 e. The Hall–Kier alpha value is -0.0800. The van der Waals surface area contributed by atoms with Gasteiger partial charge in [-0.3, -0.25) is 0 Å². The van der Waals surface area contributed by atoms with Gasteiger partial charge in [-0.2, -0.15) is 0 Å². The van der Waals surface area contributed by atoms with Crippen molar-refractivity contribution in [1.29, 1.82) is 0 Å². The highest BCUT2D eigenvalue weighted by molar-refractivity contribution is 4.87. The summed E-state index contributed by atoms with van der Waals surface area (Å²) in [6, 6.07) is 0.459. The molecule has 0 spiro atoms. The molecule has 4 atom stereocenters. The van der Waals surface area contributed by atoms with Crippen LogP contribution in [0.15, 0.2) is 0 Å². The van der Waals surface area contributed by atoms with Crippen LogP contribution in [-0.2, 0) is 0 Å². The Balaban J connectivity index is 1.83. The molecule has 18 heavy (non-hydrogen) atoms. The topological polar surface area (TPSA) is 29.3 Å². The SMILES string of the molecule is CCC1CCN(CC2CC(C(C)C)CCC2N)C1. The Morgan fingerprint density at radius 2 is 2.00 bits per heavy atom. The van der Waals surface area contributed by atoms with E-state index in [9.17, 15) is 0 Å². The van der Waals surface area contributed by atoms with E-state index in [0.717, 1.165) is 23.7 Å². The van der Waals surface area contributed by atoms with Crippen molar-refractivity contribution in [2.75, 3.05) is 19.6 Å². The predicted octanol–water partition coefficient (Wildman–Crippen LogP) is 3.12. The monoisotopic (exact) mass is 252 g/mol. The summed E-state index contributed by atoms with van der Waals surface area (Å²) in [5, 5.41) is 0. The van der Waals surface area contributed by atoms with Gasteiger partial charge in [-0.05, 0) is 55.9 Å². The summed E-state index contributed by atoms with van der Waals surface area (Å²) in [6.07, 6.45) is 6.73. The first-order valence-corrected chi connectivity index (χ1v) is 8.08. The average Bonchev–Trinajstić information content (AvgIpc) is 2.79. The van der Waals surface area contributed by atoms with E-state index in [1.807, 2.05) is 0 Å². The summed E-state index contributed by atoms with van der Waals surface area (Å²) < 4.78 is 0. The fourth-order valence-electron chi connectivity index (χ4n) is 3.88. The summed E-state index contributed by atoms with van der Waals surface area (Å²) in [5.41, 5.74) is 6.36. The maximum absolute atomic E-state index is 6.36. The van der Waals surface area contributed by atoms with Crippen LogP contribution in [0.1, 0.15) is 52.9 Å². The molecule has 2 rings (SSSR count). The maximum atomic E-state index is 6.36. The van der Waals surface area contributed by atoms with E-state index in [-0.39, 0.29) is 0 Å². The van der Waals surface area contributed by atoms with Gasteiger partial charge in [-0.1, -0.05) is 27.2 Å². The van der Waals surface area contributed by atoms with Gasteiger partial charge in [0.2, 0.25) is 0 Å². The van der Waals surface area contributed by atoms with Crippen LogP contribution in [0.25, 0.3) is 0 Å². The van der Waals surface area contributed by atoms with E-state index < -0.39 is 0 Å². The third kappa shape index (κ3) is 3.48. The van der Waals surface area contributed by atoms with Crippen LogP contribution in [0.5, 0.6) is 0 Å². The maximum Gasteiger partial charge on any atom is 0.00795 e. The first kappa shape index (κ1) is 14.3. The predicted molar refractivity (Wildman–Crippen MR) is 78.5 cm³/mol. The van der Waals surface area contributed by atoms with E-state index in [4.69, 9.17) is 5.73 Å². The minimum absolute atomic E-state index is 0.459. The third-order valence-corrected chi connectivity index (χ3v) is 5.46. The fourth-order valence-corrected chi connectivity index (χ4v) is 3.88. The van der Waals surface area contributed by atoms with Crippen molar-refractivity contribution < 1.29 is 0 Å². The molecule has 0 bridgehead atoms. The molecule has 1 aliphatic carbocycles. The molecule has 106 valence electrons. The molecule has 2 N–H and O–H groups in total. The molecule has 2 fully saturated rings. The van der Waals surface area contributed by atoms with Gasteiger partial charge in [0.15, 0.2) is 0 Å². The molecule has 4 unspecified atom stereocenters. The normalized spacial score (nSPS) is 38.5. The molecule has 0 aromatic rings. The Morgan fingerprint density at radius 1 is 1.22 bits per heavy atom. The lowest BCUT2D eigenvalue weighted by atomic mass is 9.74. The summed E-state index contributed by atoms with van der Waals surface area (Å²) in [6.45, 7) is 11.0. The first-order valence-electron chi connectivity index (χ1n) is 8.08. The van der Waals surface area contributed by atoms with Gasteiger partial charge in [-0.15, -0.1) is 0 Å². The molecule has 2 heteroatoms. The lowest BCUT2D eigenvalue weighted by Gasteiger charge is -2.38. The lowest BCUT2D eigenvalue weighted by Crippen LogP contribution is -2.43. The van der Waals surface area contributed by atoms with Gasteiger partial charge in [0.25, 0.3) is 0 Å². The number of hydrogen-bond acceptors (Lipinski definition) is 2. The fraction of sp³-hybridized carbons (Fsp3) is 1.00. The van der Waals surface area contributed by atoms with Crippen molar-refractivity contribution in [2.45, 2.75) is 58.9 Å². The second-order valence-corrected chi connectivity index (χ2v) is 7.06. The minimum atomic E-state index is 0.459. The Kier molecular flexibility index (Phi) is 5.08. The molecular weight excluding hydrogens is 220 g/mol. The Morgan fingerprint density at radius 3 is 2.61 bits per heavy atom. The van der Waals surface area contributed by atoms with E-state index in [1.54, 1.807) is 0 Å². The van der Waals surface area contributed by atoms with Gasteiger partial charge in [0.05, 0.1) is 0 Å². The standard InChI is InChI=1S/C16H32N2/c1-4-13-7-8-18(10-13)11-15-9-14(12(2)3)5-6-16(15)17/h12-16H,4-11,17H2,1-3H3. The van der Waals surface area contributed by atoms with Crippen molar-refractivity contribution in [2.24, 2.45) is 29.4 Å². The zero-order chi connectivity index (χ0) is 13.1. The van der Waals surface area contributed by atoms with Gasteiger partial charge < -0.3 is 10.6 Å². The van der Waals surface area contributed by atoms with Crippen LogP contribution in [0.3, 0.4) is 0 Å². The minimum Gasteiger partial charge on any atom is -0.327 e. The van der Waals surface area contributed by atoms with Crippen molar-refractivity contribution >= 4 is 0 Å². The summed E-state index contributed by atoms with van der Waals surface area (Å²) in [4.78, 5) is 2.68. The van der Waals surface area contributed by atoms with Crippen LogP contribution in [-0.4, -0.2) is 30.6 Å². The molecule has 1 saturated heterocycles. The second-order valence-electron chi connectivity index (χ2n) is 7.06. The Labute approximate surface area is 113 Å². The summed E-state index contributed by atoms with van der Waals surface area (Å²) in [7, 11) is 0. The van der Waals surface area contributed by atoms with E-state index in [1.165, 1.54) is 51.7 Å². The highest BCUT2D eigenvalue weighted by Gasteiger charge is 2.32. The molecule has 1 aliphatic heterocycles. The van der Waals surface area contributed by atoms with Gasteiger partial charge in [0.1, 0.15) is 0 Å². The third-order valence-electron chi connectivity index (χ3n) is 5.46.